The number of ether oxygens (including phenoxy) is 1. The predicted molar refractivity (Wildman–Crippen MR) is 145 cm³/mol. The molecular formula is C28H41N3O3. The Morgan fingerprint density at radius 2 is 1.56 bits per heavy atom. The zero-order chi connectivity index (χ0) is 25.5. The monoisotopic (exact) mass is 467 g/mol. The van der Waals surface area contributed by atoms with Crippen molar-refractivity contribution in [2.24, 2.45) is 0 Å². The lowest BCUT2D eigenvalue weighted by molar-refractivity contribution is 0.0328. The van der Waals surface area contributed by atoms with Crippen LogP contribution in [0.4, 0.5) is 11.4 Å². The first kappa shape index (κ1) is 28.9. The maximum absolute atomic E-state index is 12.6. The summed E-state index contributed by atoms with van der Waals surface area (Å²) in [7, 11) is 5.20. The normalized spacial score (nSPS) is 9.88. The summed E-state index contributed by atoms with van der Waals surface area (Å²) >= 11 is 0. The lowest BCUT2D eigenvalue weighted by atomic mass is 10.0. The summed E-state index contributed by atoms with van der Waals surface area (Å²) < 4.78 is 4.25. The number of nitrogens with zero attached hydrogens (tertiary/aromatic N) is 2. The van der Waals surface area contributed by atoms with Crippen molar-refractivity contribution in [1.29, 1.82) is 0 Å². The number of amides is 1. The summed E-state index contributed by atoms with van der Waals surface area (Å²) in [6.45, 7) is 12.6. The van der Waals surface area contributed by atoms with Crippen LogP contribution in [0.3, 0.4) is 0 Å². The smallest absolute Gasteiger partial charge is 0.275 e. The van der Waals surface area contributed by atoms with Gasteiger partial charge in [0.15, 0.2) is 0 Å². The first-order chi connectivity index (χ1) is 16.5. The van der Waals surface area contributed by atoms with Gasteiger partial charge in [-0.2, -0.15) is 0 Å². The summed E-state index contributed by atoms with van der Waals surface area (Å²) in [6, 6.07) is 19.9. The summed E-state index contributed by atoms with van der Waals surface area (Å²) in [5.74, 6) is -0.246. The second kappa shape index (κ2) is 15.7. The van der Waals surface area contributed by atoms with Gasteiger partial charge in [-0.05, 0) is 61.4 Å². The molecule has 186 valence electrons. The minimum atomic E-state index is -0.246. The van der Waals surface area contributed by atoms with Crippen LogP contribution in [0.5, 0.6) is 0 Å². The number of aryl methyl sites for hydroxylation is 1. The van der Waals surface area contributed by atoms with Gasteiger partial charge in [0.1, 0.15) is 6.73 Å². The Hall–Kier alpha value is -3.09. The maximum atomic E-state index is 12.6. The van der Waals surface area contributed by atoms with E-state index >= 15 is 0 Å². The minimum absolute atomic E-state index is 0.246. The van der Waals surface area contributed by atoms with Crippen LogP contribution in [-0.2, 0) is 9.57 Å². The van der Waals surface area contributed by atoms with Crippen molar-refractivity contribution in [3.63, 3.8) is 0 Å². The number of anilines is 2. The lowest BCUT2D eigenvalue weighted by Gasteiger charge is -2.25. The fraction of sp³-hybridized carbons (Fsp3) is 0.393. The van der Waals surface area contributed by atoms with E-state index < -0.39 is 0 Å². The van der Waals surface area contributed by atoms with Gasteiger partial charge in [0.2, 0.25) is 0 Å². The molecular weight excluding hydrogens is 426 g/mol. The van der Waals surface area contributed by atoms with Gasteiger partial charge in [-0.1, -0.05) is 50.2 Å². The molecule has 1 N–H and O–H groups in total. The van der Waals surface area contributed by atoms with Crippen LogP contribution >= 0.6 is 0 Å². The number of nitrogens with one attached hydrogen (secondary N) is 1. The zero-order valence-corrected chi connectivity index (χ0v) is 22.0. The highest BCUT2D eigenvalue weighted by atomic mass is 16.7. The molecule has 1 amide bonds. The molecule has 6 nitrogen and oxygen atoms in total. The number of carbonyl (C=O) groups excluding carboxylic acids is 1. The average Bonchev–Trinajstić information content (AvgIpc) is 2.86. The first-order valence-corrected chi connectivity index (χ1v) is 11.8. The minimum Gasteiger partial charge on any atom is -0.388 e. The number of fused-ring (bicyclic) bond motifs is 1. The number of benzene rings is 3. The number of hydroxylamine groups is 1. The van der Waals surface area contributed by atoms with Crippen LogP contribution in [0.1, 0.15) is 43.6 Å². The molecule has 0 radical (unpaired) electrons. The standard InChI is InChI=1S/C24H29N3O2.C2H6O.C2H6/c1-5-27(6-2)20-14-15-23(18(3)16-20)26(4)17-29-25-24(28)22-13-9-11-19-10-7-8-12-21(19)22;1-3-2;1-2/h7-16H,5-6,17H2,1-4H3,(H,25,28);1-2H3;1-2H3. The molecule has 3 rings (SSSR count). The molecule has 0 atom stereocenters. The second-order valence-electron chi connectivity index (χ2n) is 7.48. The third-order valence-electron chi connectivity index (χ3n) is 5.18. The Labute approximate surface area is 205 Å². The quantitative estimate of drug-likeness (QED) is 0.323. The molecule has 0 aliphatic rings. The van der Waals surface area contributed by atoms with E-state index in [-0.39, 0.29) is 12.6 Å². The Morgan fingerprint density at radius 1 is 0.941 bits per heavy atom. The summed E-state index contributed by atoms with van der Waals surface area (Å²) in [5.41, 5.74) is 6.63. The Bertz CT molecular complexity index is 998. The Morgan fingerprint density at radius 3 is 2.18 bits per heavy atom. The molecule has 0 unspecified atom stereocenters. The van der Waals surface area contributed by atoms with Crippen molar-refractivity contribution in [3.8, 4) is 0 Å². The van der Waals surface area contributed by atoms with Crippen LogP contribution in [0.2, 0.25) is 0 Å². The van der Waals surface area contributed by atoms with Gasteiger partial charge < -0.3 is 14.5 Å². The molecule has 34 heavy (non-hydrogen) atoms. The van der Waals surface area contributed by atoms with Crippen LogP contribution in [0.15, 0.2) is 60.7 Å². The Balaban J connectivity index is 0.00000107. The van der Waals surface area contributed by atoms with Crippen LogP contribution in [0.25, 0.3) is 10.8 Å². The molecule has 3 aromatic carbocycles. The number of carbonyl (C=O) groups is 1. The summed E-state index contributed by atoms with van der Waals surface area (Å²) in [5, 5.41) is 1.94. The molecule has 0 heterocycles. The molecule has 0 aromatic heterocycles. The molecule has 3 aromatic rings. The van der Waals surface area contributed by atoms with E-state index in [0.29, 0.717) is 5.56 Å². The highest BCUT2D eigenvalue weighted by Crippen LogP contribution is 2.25. The molecule has 0 aliphatic carbocycles. The van der Waals surface area contributed by atoms with Gasteiger partial charge in [0.05, 0.1) is 0 Å². The average molecular weight is 468 g/mol. The van der Waals surface area contributed by atoms with E-state index in [4.69, 9.17) is 4.84 Å². The third kappa shape index (κ3) is 8.04. The van der Waals surface area contributed by atoms with E-state index in [1.807, 2.05) is 62.2 Å². The van der Waals surface area contributed by atoms with Crippen molar-refractivity contribution < 1.29 is 14.4 Å². The van der Waals surface area contributed by atoms with Gasteiger partial charge in [-0.15, -0.1) is 0 Å². The van der Waals surface area contributed by atoms with E-state index in [9.17, 15) is 4.79 Å². The van der Waals surface area contributed by atoms with Crippen molar-refractivity contribution in [1.82, 2.24) is 5.48 Å². The molecule has 0 saturated carbocycles. The van der Waals surface area contributed by atoms with Gasteiger partial charge in [0.25, 0.3) is 5.91 Å². The van der Waals surface area contributed by atoms with Gasteiger partial charge in [0, 0.05) is 51.3 Å². The lowest BCUT2D eigenvalue weighted by Crippen LogP contribution is -2.31. The van der Waals surface area contributed by atoms with Gasteiger partial charge in [-0.3, -0.25) is 9.63 Å². The topological polar surface area (TPSA) is 54.0 Å². The van der Waals surface area contributed by atoms with Crippen LogP contribution < -0.4 is 15.3 Å². The largest absolute Gasteiger partial charge is 0.388 e. The maximum Gasteiger partial charge on any atom is 0.275 e. The summed E-state index contributed by atoms with van der Waals surface area (Å²) in [4.78, 5) is 22.4. The molecule has 0 bridgehead atoms. The zero-order valence-electron chi connectivity index (χ0n) is 22.0. The highest BCUT2D eigenvalue weighted by Gasteiger charge is 2.12. The van der Waals surface area contributed by atoms with Crippen LogP contribution in [0, 0.1) is 6.92 Å². The number of hydrogen-bond donors (Lipinski definition) is 1. The number of rotatable bonds is 8. The van der Waals surface area contributed by atoms with Gasteiger partial charge >= 0.3 is 0 Å². The highest BCUT2D eigenvalue weighted by molar-refractivity contribution is 6.06. The second-order valence-corrected chi connectivity index (χ2v) is 7.48. The van der Waals surface area contributed by atoms with E-state index in [0.717, 1.165) is 29.5 Å². The van der Waals surface area contributed by atoms with E-state index in [1.54, 1.807) is 20.3 Å². The van der Waals surface area contributed by atoms with Crippen molar-refractivity contribution in [2.75, 3.05) is 50.9 Å². The SMILES string of the molecule is CC.CCN(CC)c1ccc(N(C)CONC(=O)c2cccc3ccccc23)c(C)c1.COC. The van der Waals surface area contributed by atoms with Crippen molar-refractivity contribution >= 4 is 28.1 Å². The summed E-state index contributed by atoms with van der Waals surface area (Å²) in [6.07, 6.45) is 0. The fourth-order valence-electron chi connectivity index (χ4n) is 3.60. The van der Waals surface area contributed by atoms with Crippen molar-refractivity contribution in [2.45, 2.75) is 34.6 Å². The molecule has 0 aliphatic heterocycles. The van der Waals surface area contributed by atoms with E-state index in [2.05, 4.69) is 54.1 Å². The molecule has 6 heteroatoms. The third-order valence-corrected chi connectivity index (χ3v) is 5.18. The predicted octanol–water partition coefficient (Wildman–Crippen LogP) is 6.04. The van der Waals surface area contributed by atoms with E-state index in [1.165, 1.54) is 11.3 Å². The first-order valence-electron chi connectivity index (χ1n) is 11.8. The van der Waals surface area contributed by atoms with Gasteiger partial charge in [-0.25, -0.2) is 5.48 Å². The number of methoxy groups -OCH3 is 1. The Kier molecular flexibility index (Phi) is 13.4. The molecule has 0 fully saturated rings. The fourth-order valence-corrected chi connectivity index (χ4v) is 3.60. The van der Waals surface area contributed by atoms with Crippen LogP contribution in [-0.4, -0.2) is 47.0 Å². The molecule has 0 spiro atoms. The molecule has 0 saturated heterocycles. The van der Waals surface area contributed by atoms with Crippen molar-refractivity contribution in [3.05, 3.63) is 71.8 Å². The number of hydrogen-bond acceptors (Lipinski definition) is 5.